The van der Waals surface area contributed by atoms with Crippen molar-refractivity contribution < 1.29 is 4.57 Å². The summed E-state index contributed by atoms with van der Waals surface area (Å²) in [6, 6.07) is 38.0. The van der Waals surface area contributed by atoms with Crippen LogP contribution in [0.3, 0.4) is 0 Å². The van der Waals surface area contributed by atoms with E-state index in [4.69, 9.17) is 0 Å². The maximum Gasteiger partial charge on any atom is 0.294 e. The lowest BCUT2D eigenvalue weighted by molar-refractivity contribution is -0.643. The summed E-state index contributed by atoms with van der Waals surface area (Å²) < 4.78 is 4.60. The fourth-order valence-electron chi connectivity index (χ4n) is 6.57. The van der Waals surface area contributed by atoms with E-state index in [1.807, 2.05) is 0 Å². The highest BCUT2D eigenvalue weighted by Crippen LogP contribution is 2.33. The van der Waals surface area contributed by atoms with Crippen molar-refractivity contribution in [1.82, 2.24) is 4.40 Å². The van der Waals surface area contributed by atoms with Crippen LogP contribution in [0.1, 0.15) is 5.56 Å². The monoisotopic (exact) mass is 473 g/mol. The van der Waals surface area contributed by atoms with E-state index in [0.717, 1.165) is 0 Å². The molecule has 37 heavy (non-hydrogen) atoms. The number of aryl methyl sites for hydroxylation is 2. The second kappa shape index (κ2) is 7.41. The maximum atomic E-state index is 2.42. The Morgan fingerprint density at radius 1 is 0.568 bits per heavy atom. The first-order valence-electron chi connectivity index (χ1n) is 12.9. The van der Waals surface area contributed by atoms with Gasteiger partial charge >= 0.3 is 0 Å². The van der Waals surface area contributed by atoms with E-state index in [-0.39, 0.29) is 0 Å². The van der Waals surface area contributed by atoms with Crippen molar-refractivity contribution in [2.75, 3.05) is 0 Å². The van der Waals surface area contributed by atoms with Crippen molar-refractivity contribution >= 4 is 27.3 Å². The smallest absolute Gasteiger partial charge is 0.232 e. The Kier molecular flexibility index (Phi) is 4.10. The third-order valence-corrected chi connectivity index (χ3v) is 8.10. The molecular weight excluding hydrogens is 448 g/mol. The molecule has 0 amide bonds. The SMILES string of the molecule is Cc1cc2/c(c3c4ccccc4n4cc[n+](C)c4c13)=c1/cccc/c1=c1\cccc\c1=c1/cccc/c1=2. The molecule has 2 heteroatoms. The predicted octanol–water partition coefficient (Wildman–Crippen LogP) is 6.84. The van der Waals surface area contributed by atoms with Gasteiger partial charge < -0.3 is 0 Å². The molecule has 0 saturated heterocycles. The average molecular weight is 474 g/mol. The van der Waals surface area contributed by atoms with E-state index in [9.17, 15) is 0 Å². The topological polar surface area (TPSA) is 8.29 Å². The molecule has 0 spiro atoms. The van der Waals surface area contributed by atoms with Crippen molar-refractivity contribution in [3.8, 4) is 0 Å². The summed E-state index contributed by atoms with van der Waals surface area (Å²) in [5.74, 6) is 0. The Hall–Kier alpha value is -4.69. The average Bonchev–Trinajstić information content (AvgIpc) is 3.33. The van der Waals surface area contributed by atoms with Gasteiger partial charge in [0.15, 0.2) is 0 Å². The number of para-hydroxylation sites is 1. The summed E-state index contributed by atoms with van der Waals surface area (Å²) in [5, 5.41) is 14.2. The van der Waals surface area contributed by atoms with Gasteiger partial charge in [-0.2, -0.15) is 4.40 Å². The Morgan fingerprint density at radius 3 is 1.73 bits per heavy atom. The van der Waals surface area contributed by atoms with Crippen molar-refractivity contribution in [3.05, 3.63) is 163 Å². The van der Waals surface area contributed by atoms with Crippen LogP contribution in [0.15, 0.2) is 116 Å². The maximum absolute atomic E-state index is 2.42. The normalized spacial score (nSPS) is 15.9. The number of hydrogen-bond donors (Lipinski definition) is 0. The molecule has 2 heterocycles. The fourth-order valence-corrected chi connectivity index (χ4v) is 6.57. The van der Waals surface area contributed by atoms with Crippen LogP contribution in [-0.4, -0.2) is 4.40 Å². The van der Waals surface area contributed by atoms with Gasteiger partial charge in [0.05, 0.1) is 12.4 Å². The van der Waals surface area contributed by atoms with Crippen LogP contribution in [0.2, 0.25) is 0 Å². The molecule has 0 unspecified atom stereocenters. The Bertz CT molecular complexity index is 2490. The van der Waals surface area contributed by atoms with E-state index in [0.29, 0.717) is 0 Å². The molecule has 0 saturated carbocycles. The predicted molar refractivity (Wildman–Crippen MR) is 148 cm³/mol. The van der Waals surface area contributed by atoms with Gasteiger partial charge in [0.25, 0.3) is 5.65 Å². The lowest BCUT2D eigenvalue weighted by atomic mass is 9.94. The van der Waals surface area contributed by atoms with Crippen LogP contribution in [0.25, 0.3) is 27.3 Å². The minimum atomic E-state index is 1.22. The molecule has 0 N–H and O–H groups in total. The summed E-state index contributed by atoms with van der Waals surface area (Å²) >= 11 is 0. The molecular formula is C35H25N2+. The third-order valence-electron chi connectivity index (χ3n) is 8.10. The number of fused-ring (bicyclic) bond motifs is 11. The van der Waals surface area contributed by atoms with Gasteiger partial charge in [-0.3, -0.25) is 0 Å². The number of pyridine rings is 1. The summed E-state index contributed by atoms with van der Waals surface area (Å²) in [6.07, 6.45) is 4.35. The number of rotatable bonds is 0. The first-order chi connectivity index (χ1) is 18.2. The standard InChI is InChI=1S/C35H25N2/c1-22-21-30-27-15-6-5-13-25(27)23-11-3-4-12-24(23)26-14-7-8-16-28(26)33(30)34-29-17-9-10-18-31(29)37-20-19-36(2)35(37)32(22)34/h3-21H,1-2H3/q+1/b25-23-,26-24-,30-27-,33-28+. The summed E-state index contributed by atoms with van der Waals surface area (Å²) in [7, 11) is 2.15. The minimum absolute atomic E-state index is 1.22. The fraction of sp³-hybridized carbons (Fsp3) is 0.0571. The highest BCUT2D eigenvalue weighted by atomic mass is 15.1. The zero-order chi connectivity index (χ0) is 24.7. The molecule has 0 atom stereocenters. The second-order valence-corrected chi connectivity index (χ2v) is 10.1. The molecule has 0 aliphatic heterocycles. The second-order valence-electron chi connectivity index (χ2n) is 10.1. The molecule has 8 rings (SSSR count). The van der Waals surface area contributed by atoms with E-state index >= 15 is 0 Å². The molecule has 1 aliphatic carbocycles. The third kappa shape index (κ3) is 2.67. The summed E-state index contributed by atoms with van der Waals surface area (Å²) in [6.45, 7) is 2.27. The van der Waals surface area contributed by atoms with E-state index in [2.05, 4.69) is 138 Å². The molecule has 7 aromatic rings. The van der Waals surface area contributed by atoms with Crippen molar-refractivity contribution in [2.24, 2.45) is 7.05 Å². The lowest BCUT2D eigenvalue weighted by Crippen LogP contribution is -2.26. The largest absolute Gasteiger partial charge is 0.294 e. The van der Waals surface area contributed by atoms with Gasteiger partial charge in [-0.25, -0.2) is 4.57 Å². The quantitative estimate of drug-likeness (QED) is 0.168. The molecule has 174 valence electrons. The number of hydrogen-bond acceptors (Lipinski definition) is 0. The Morgan fingerprint density at radius 2 is 1.08 bits per heavy atom. The van der Waals surface area contributed by atoms with Gasteiger partial charge in [0.1, 0.15) is 17.9 Å². The van der Waals surface area contributed by atoms with Crippen LogP contribution in [0.5, 0.6) is 0 Å². The molecule has 1 aliphatic rings. The molecule has 5 aromatic carbocycles. The van der Waals surface area contributed by atoms with Crippen LogP contribution in [-0.2, 0) is 7.05 Å². The summed E-state index contributed by atoms with van der Waals surface area (Å²) in [4.78, 5) is 0. The molecule has 2 nitrogen and oxygen atoms in total. The molecule has 0 fully saturated rings. The first-order valence-corrected chi connectivity index (χ1v) is 12.9. The number of benzene rings is 5. The Labute approximate surface area is 212 Å². The lowest BCUT2D eigenvalue weighted by Gasteiger charge is -2.11. The zero-order valence-electron chi connectivity index (χ0n) is 20.9. The summed E-state index contributed by atoms with van der Waals surface area (Å²) in [5.41, 5.74) is 3.74. The van der Waals surface area contributed by atoms with E-state index in [1.165, 1.54) is 74.6 Å². The van der Waals surface area contributed by atoms with Gasteiger partial charge in [0, 0.05) is 10.8 Å². The van der Waals surface area contributed by atoms with Gasteiger partial charge in [0.2, 0.25) is 0 Å². The number of nitrogens with zero attached hydrogens (tertiary/aromatic N) is 2. The zero-order valence-corrected chi connectivity index (χ0v) is 20.9. The highest BCUT2D eigenvalue weighted by Gasteiger charge is 2.20. The minimum Gasteiger partial charge on any atom is -0.232 e. The molecule has 0 radical (unpaired) electrons. The first kappa shape index (κ1) is 20.5. The van der Waals surface area contributed by atoms with Crippen molar-refractivity contribution in [1.29, 1.82) is 0 Å². The molecule has 2 aromatic heterocycles. The van der Waals surface area contributed by atoms with Crippen molar-refractivity contribution in [2.45, 2.75) is 6.92 Å². The van der Waals surface area contributed by atoms with Crippen LogP contribution < -0.4 is 4.57 Å². The molecule has 0 bridgehead atoms. The highest BCUT2D eigenvalue weighted by molar-refractivity contribution is 6.12. The van der Waals surface area contributed by atoms with Gasteiger partial charge in [-0.05, 0) is 66.4 Å². The Balaban J connectivity index is 1.97. The van der Waals surface area contributed by atoms with Gasteiger partial charge in [-0.15, -0.1) is 0 Å². The van der Waals surface area contributed by atoms with E-state index in [1.54, 1.807) is 0 Å². The van der Waals surface area contributed by atoms with Crippen LogP contribution in [0.4, 0.5) is 0 Å². The number of imidazole rings is 1. The van der Waals surface area contributed by atoms with E-state index < -0.39 is 0 Å². The van der Waals surface area contributed by atoms with Gasteiger partial charge in [-0.1, -0.05) is 91.0 Å². The van der Waals surface area contributed by atoms with Crippen LogP contribution >= 0.6 is 0 Å². The number of aromatic nitrogens is 2. The van der Waals surface area contributed by atoms with Crippen molar-refractivity contribution in [3.63, 3.8) is 0 Å². The van der Waals surface area contributed by atoms with Crippen LogP contribution in [0, 0.1) is 48.7 Å².